The van der Waals surface area contributed by atoms with Gasteiger partial charge in [-0.25, -0.2) is 4.98 Å². The lowest BCUT2D eigenvalue weighted by atomic mass is 10.4. The Labute approximate surface area is 67.7 Å². The molecule has 0 spiro atoms. The maximum atomic E-state index is 4.22. The molecule has 0 radical (unpaired) electrons. The average molecular weight is 153 g/mol. The van der Waals surface area contributed by atoms with E-state index in [1.165, 1.54) is 0 Å². The first kappa shape index (κ1) is 8.27. The second kappa shape index (κ2) is 3.53. The van der Waals surface area contributed by atoms with E-state index in [1.54, 1.807) is 0 Å². The lowest BCUT2D eigenvalue weighted by molar-refractivity contribution is 0.321. The Balaban J connectivity index is 2.68. The third-order valence-corrected chi connectivity index (χ3v) is 1.55. The van der Waals surface area contributed by atoms with Gasteiger partial charge in [0.1, 0.15) is 5.82 Å². The van der Waals surface area contributed by atoms with Crippen LogP contribution in [0.5, 0.6) is 0 Å². The molecule has 0 aliphatic heterocycles. The van der Waals surface area contributed by atoms with Gasteiger partial charge in [0.15, 0.2) is 0 Å². The van der Waals surface area contributed by atoms with Gasteiger partial charge in [0, 0.05) is 18.8 Å². The van der Waals surface area contributed by atoms with E-state index in [1.807, 2.05) is 12.4 Å². The molecule has 1 aromatic heterocycles. The molecule has 0 N–H and O–H groups in total. The summed E-state index contributed by atoms with van der Waals surface area (Å²) in [6.07, 6.45) is 4.86. The monoisotopic (exact) mass is 153 g/mol. The number of hydrogen-bond donors (Lipinski definition) is 0. The van der Waals surface area contributed by atoms with Crippen LogP contribution in [0.15, 0.2) is 12.4 Å². The SMILES string of the molecule is CCc1nccn1CN(C)C. The molecular formula is C8H15N3. The molecule has 0 unspecified atom stereocenters. The van der Waals surface area contributed by atoms with Crippen molar-refractivity contribution in [1.29, 1.82) is 0 Å². The fourth-order valence-corrected chi connectivity index (χ4v) is 1.09. The van der Waals surface area contributed by atoms with E-state index >= 15 is 0 Å². The van der Waals surface area contributed by atoms with E-state index in [4.69, 9.17) is 0 Å². The van der Waals surface area contributed by atoms with Crippen molar-refractivity contribution in [1.82, 2.24) is 14.5 Å². The summed E-state index contributed by atoms with van der Waals surface area (Å²) in [5.41, 5.74) is 0. The first-order valence-electron chi connectivity index (χ1n) is 3.88. The first-order valence-corrected chi connectivity index (χ1v) is 3.88. The topological polar surface area (TPSA) is 21.1 Å². The Kier molecular flexibility index (Phi) is 2.65. The zero-order valence-corrected chi connectivity index (χ0v) is 7.41. The predicted molar refractivity (Wildman–Crippen MR) is 45.3 cm³/mol. The first-order chi connectivity index (χ1) is 5.24. The summed E-state index contributed by atoms with van der Waals surface area (Å²) in [5, 5.41) is 0. The van der Waals surface area contributed by atoms with Crippen LogP contribution >= 0.6 is 0 Å². The van der Waals surface area contributed by atoms with Gasteiger partial charge in [0.25, 0.3) is 0 Å². The maximum absolute atomic E-state index is 4.22. The highest BCUT2D eigenvalue weighted by Gasteiger charge is 1.99. The van der Waals surface area contributed by atoms with Crippen molar-refractivity contribution in [2.75, 3.05) is 14.1 Å². The van der Waals surface area contributed by atoms with Gasteiger partial charge in [0.05, 0.1) is 6.67 Å². The molecule has 0 fully saturated rings. The van der Waals surface area contributed by atoms with E-state index < -0.39 is 0 Å². The summed E-state index contributed by atoms with van der Waals surface area (Å²) in [5.74, 6) is 1.15. The van der Waals surface area contributed by atoms with Crippen LogP contribution in [0.2, 0.25) is 0 Å². The fourth-order valence-electron chi connectivity index (χ4n) is 1.09. The predicted octanol–water partition coefficient (Wildman–Crippen LogP) is 0.965. The Morgan fingerprint density at radius 1 is 1.55 bits per heavy atom. The Morgan fingerprint density at radius 2 is 2.27 bits per heavy atom. The van der Waals surface area contributed by atoms with Crippen molar-refractivity contribution in [3.05, 3.63) is 18.2 Å². The minimum atomic E-state index is 0.920. The van der Waals surface area contributed by atoms with Crippen molar-refractivity contribution in [2.45, 2.75) is 20.0 Å². The van der Waals surface area contributed by atoms with Crippen LogP contribution in [0.1, 0.15) is 12.7 Å². The van der Waals surface area contributed by atoms with E-state index in [2.05, 4.69) is 35.5 Å². The molecule has 0 bridgehead atoms. The number of imidazole rings is 1. The molecule has 1 rings (SSSR count). The second-order valence-corrected chi connectivity index (χ2v) is 2.89. The molecule has 3 nitrogen and oxygen atoms in total. The van der Waals surface area contributed by atoms with Crippen LogP contribution in [0.3, 0.4) is 0 Å². The Bertz CT molecular complexity index is 215. The zero-order valence-electron chi connectivity index (χ0n) is 7.41. The minimum absolute atomic E-state index is 0.920. The van der Waals surface area contributed by atoms with Crippen LogP contribution in [0.25, 0.3) is 0 Å². The molecule has 62 valence electrons. The number of rotatable bonds is 3. The largest absolute Gasteiger partial charge is 0.321 e. The van der Waals surface area contributed by atoms with Gasteiger partial charge in [-0.2, -0.15) is 0 Å². The van der Waals surface area contributed by atoms with Gasteiger partial charge in [-0.05, 0) is 14.1 Å². The summed E-state index contributed by atoms with van der Waals surface area (Å²) in [7, 11) is 4.11. The summed E-state index contributed by atoms with van der Waals surface area (Å²) >= 11 is 0. The Morgan fingerprint density at radius 3 is 2.82 bits per heavy atom. The third-order valence-electron chi connectivity index (χ3n) is 1.55. The van der Waals surface area contributed by atoms with Gasteiger partial charge < -0.3 is 4.57 Å². The van der Waals surface area contributed by atoms with Crippen LogP contribution < -0.4 is 0 Å². The molecule has 0 amide bonds. The van der Waals surface area contributed by atoms with Gasteiger partial charge >= 0.3 is 0 Å². The van der Waals surface area contributed by atoms with E-state index in [-0.39, 0.29) is 0 Å². The highest BCUT2D eigenvalue weighted by atomic mass is 15.2. The zero-order chi connectivity index (χ0) is 8.27. The van der Waals surface area contributed by atoms with Crippen LogP contribution in [-0.2, 0) is 13.1 Å². The summed E-state index contributed by atoms with van der Waals surface area (Å²) < 4.78 is 2.15. The summed E-state index contributed by atoms with van der Waals surface area (Å²) in [6.45, 7) is 3.04. The molecular weight excluding hydrogens is 138 g/mol. The smallest absolute Gasteiger partial charge is 0.109 e. The van der Waals surface area contributed by atoms with Crippen molar-refractivity contribution >= 4 is 0 Å². The molecule has 3 heteroatoms. The molecule has 0 aromatic carbocycles. The summed E-state index contributed by atoms with van der Waals surface area (Å²) in [4.78, 5) is 6.35. The van der Waals surface area contributed by atoms with E-state index in [9.17, 15) is 0 Å². The van der Waals surface area contributed by atoms with E-state index in [0.29, 0.717) is 0 Å². The number of aromatic nitrogens is 2. The molecule has 0 saturated heterocycles. The van der Waals surface area contributed by atoms with Crippen molar-refractivity contribution in [3.63, 3.8) is 0 Å². The quantitative estimate of drug-likeness (QED) is 0.645. The second-order valence-electron chi connectivity index (χ2n) is 2.89. The van der Waals surface area contributed by atoms with Gasteiger partial charge in [-0.1, -0.05) is 6.92 Å². The fraction of sp³-hybridized carbons (Fsp3) is 0.625. The summed E-state index contributed by atoms with van der Waals surface area (Å²) in [6, 6.07) is 0. The normalized spacial score (nSPS) is 10.9. The number of aryl methyl sites for hydroxylation is 1. The van der Waals surface area contributed by atoms with Crippen LogP contribution in [-0.4, -0.2) is 28.5 Å². The van der Waals surface area contributed by atoms with Crippen molar-refractivity contribution in [3.8, 4) is 0 Å². The lowest BCUT2D eigenvalue weighted by Crippen LogP contribution is -2.17. The number of nitrogens with zero attached hydrogens (tertiary/aromatic N) is 3. The lowest BCUT2D eigenvalue weighted by Gasteiger charge is -2.12. The van der Waals surface area contributed by atoms with Crippen molar-refractivity contribution < 1.29 is 0 Å². The maximum Gasteiger partial charge on any atom is 0.109 e. The number of hydrogen-bond acceptors (Lipinski definition) is 2. The van der Waals surface area contributed by atoms with E-state index in [0.717, 1.165) is 18.9 Å². The highest BCUT2D eigenvalue weighted by molar-refractivity contribution is 4.90. The molecule has 0 aliphatic rings. The van der Waals surface area contributed by atoms with Gasteiger partial charge in [-0.3, -0.25) is 4.90 Å². The van der Waals surface area contributed by atoms with Crippen molar-refractivity contribution in [2.24, 2.45) is 0 Å². The molecule has 0 atom stereocenters. The average Bonchev–Trinajstić information content (AvgIpc) is 2.34. The standard InChI is InChI=1S/C8H15N3/c1-4-8-9-5-6-11(8)7-10(2)3/h5-6H,4,7H2,1-3H3. The third kappa shape index (κ3) is 2.05. The van der Waals surface area contributed by atoms with Crippen LogP contribution in [0.4, 0.5) is 0 Å². The van der Waals surface area contributed by atoms with Gasteiger partial charge in [0.2, 0.25) is 0 Å². The molecule has 1 heterocycles. The van der Waals surface area contributed by atoms with Gasteiger partial charge in [-0.15, -0.1) is 0 Å². The molecule has 1 aromatic rings. The molecule has 0 saturated carbocycles. The van der Waals surface area contributed by atoms with Crippen LogP contribution in [0, 0.1) is 0 Å². The minimum Gasteiger partial charge on any atom is -0.321 e. The Hall–Kier alpha value is -0.830. The molecule has 0 aliphatic carbocycles. The highest BCUT2D eigenvalue weighted by Crippen LogP contribution is 1.98. The molecule has 11 heavy (non-hydrogen) atoms.